The first-order valence-corrected chi connectivity index (χ1v) is 6.45. The van der Waals surface area contributed by atoms with Crippen molar-refractivity contribution in [1.82, 2.24) is 0 Å². The Hall–Kier alpha value is -0.920. The van der Waals surface area contributed by atoms with Crippen molar-refractivity contribution in [2.75, 3.05) is 11.5 Å². The molecule has 1 saturated carbocycles. The number of benzene rings is 1. The largest absolute Gasteiger partial charge is 0.397 e. The number of rotatable bonds is 0. The minimum Gasteiger partial charge on any atom is -0.397 e. The van der Waals surface area contributed by atoms with E-state index in [9.17, 15) is 0 Å². The van der Waals surface area contributed by atoms with Crippen LogP contribution in [0.4, 0.5) is 11.4 Å². The maximum Gasteiger partial charge on any atom is 0.0989 e. The molecule has 0 amide bonds. The van der Waals surface area contributed by atoms with Crippen LogP contribution in [-0.4, -0.2) is 31.4 Å². The van der Waals surface area contributed by atoms with Crippen LogP contribution >= 0.6 is 0 Å². The number of hydrogen-bond donors (Lipinski definition) is 2. The van der Waals surface area contributed by atoms with Crippen molar-refractivity contribution >= 4 is 42.8 Å². The van der Waals surface area contributed by atoms with E-state index in [0.29, 0.717) is 22.3 Å². The van der Waals surface area contributed by atoms with E-state index in [4.69, 9.17) is 11.5 Å². The number of fused-ring (bicyclic) bond motifs is 5. The Bertz CT molecular complexity index is 467. The topological polar surface area (TPSA) is 52.0 Å². The summed E-state index contributed by atoms with van der Waals surface area (Å²) < 4.78 is 0. The van der Waals surface area contributed by atoms with Crippen molar-refractivity contribution in [3.05, 3.63) is 23.3 Å². The smallest absolute Gasteiger partial charge is 0.0989 e. The van der Waals surface area contributed by atoms with E-state index in [-0.39, 0.29) is 0 Å². The van der Waals surface area contributed by atoms with Crippen LogP contribution in [0, 0.1) is 0 Å². The van der Waals surface area contributed by atoms with Gasteiger partial charge in [-0.2, -0.15) is 0 Å². The molecule has 1 aromatic rings. The lowest BCUT2D eigenvalue weighted by Crippen LogP contribution is -2.36. The van der Waals surface area contributed by atoms with Gasteiger partial charge in [-0.25, -0.2) is 0 Å². The molecule has 2 bridgehead atoms. The highest BCUT2D eigenvalue weighted by atomic mass is 14.7. The molecule has 4 N–H and O–H groups in total. The number of nitrogen functional groups attached to an aromatic ring is 2. The van der Waals surface area contributed by atoms with E-state index in [2.05, 4.69) is 43.5 Å². The summed E-state index contributed by atoms with van der Waals surface area (Å²) in [4.78, 5) is 0. The molecule has 2 aliphatic carbocycles. The zero-order valence-corrected chi connectivity index (χ0v) is 11.2. The number of hydrogen-bond acceptors (Lipinski definition) is 2. The Balaban J connectivity index is 2.24. The van der Waals surface area contributed by atoms with Crippen molar-refractivity contribution in [2.24, 2.45) is 0 Å². The zero-order valence-electron chi connectivity index (χ0n) is 11.2. The summed E-state index contributed by atoms with van der Waals surface area (Å²) in [6.45, 7) is 0. The van der Waals surface area contributed by atoms with Gasteiger partial charge in [-0.05, 0) is 41.5 Å². The lowest BCUT2D eigenvalue weighted by Gasteiger charge is -2.47. The van der Waals surface area contributed by atoms with Gasteiger partial charge in [0, 0.05) is 0 Å². The average Bonchev–Trinajstić information content (AvgIpc) is 2.64. The van der Waals surface area contributed by atoms with Crippen LogP contribution in [0.2, 0.25) is 10.4 Å². The van der Waals surface area contributed by atoms with Gasteiger partial charge in [0.05, 0.1) is 42.8 Å². The van der Waals surface area contributed by atoms with Crippen molar-refractivity contribution in [3.8, 4) is 0 Å². The quantitative estimate of drug-likeness (QED) is 0.401. The molecule has 0 radical (unpaired) electrons. The summed E-state index contributed by atoms with van der Waals surface area (Å²) in [5, 5.41) is 0.681. The monoisotopic (exact) mass is 222 g/mol. The predicted molar refractivity (Wildman–Crippen MR) is 84.9 cm³/mol. The minimum atomic E-state index is 0.340. The van der Waals surface area contributed by atoms with Crippen molar-refractivity contribution in [3.63, 3.8) is 0 Å². The van der Waals surface area contributed by atoms with Gasteiger partial charge in [0.15, 0.2) is 0 Å². The number of nitrogens with two attached hydrogens (primary N) is 2. The standard InChI is InChI=1S/C11H18B4N2/c12-10(13)6-3-7(11(10,14)15)5-2-9(17)8(16)1-4(5)6/h1-2,6-7H,3,12-17H2. The molecular weight excluding hydrogens is 203 g/mol. The molecule has 0 heterocycles. The molecule has 2 nitrogen and oxygen atoms in total. The maximum atomic E-state index is 5.96. The highest BCUT2D eigenvalue weighted by Crippen LogP contribution is 2.74. The van der Waals surface area contributed by atoms with Gasteiger partial charge in [0.1, 0.15) is 0 Å². The first kappa shape index (κ1) is 11.2. The van der Waals surface area contributed by atoms with Crippen molar-refractivity contribution < 1.29 is 0 Å². The molecule has 84 valence electrons. The molecule has 2 atom stereocenters. The van der Waals surface area contributed by atoms with Gasteiger partial charge in [-0.3, -0.25) is 0 Å². The van der Waals surface area contributed by atoms with Crippen LogP contribution in [-0.2, 0) is 0 Å². The predicted octanol–water partition coefficient (Wildman–Crippen LogP) is -1.80. The van der Waals surface area contributed by atoms with Crippen LogP contribution in [0.25, 0.3) is 0 Å². The van der Waals surface area contributed by atoms with E-state index in [1.807, 2.05) is 0 Å². The SMILES string of the molecule is BC1(B)C2CC(c3cc(N)c(N)cc32)C1(B)B. The summed E-state index contributed by atoms with van der Waals surface area (Å²) in [6.07, 6.45) is 1.26. The normalized spacial score (nSPS) is 31.3. The van der Waals surface area contributed by atoms with Gasteiger partial charge in [-0.1, -0.05) is 10.4 Å². The van der Waals surface area contributed by atoms with E-state index in [1.54, 1.807) is 0 Å². The highest BCUT2D eigenvalue weighted by molar-refractivity contribution is 6.55. The summed E-state index contributed by atoms with van der Waals surface area (Å²) in [7, 11) is 9.58. The molecule has 2 unspecified atom stereocenters. The molecule has 3 rings (SSSR count). The zero-order chi connectivity index (χ0) is 12.6. The lowest BCUT2D eigenvalue weighted by atomic mass is 9.26. The second-order valence-corrected chi connectivity index (χ2v) is 6.89. The molecule has 0 aliphatic heterocycles. The Labute approximate surface area is 107 Å². The Morgan fingerprint density at radius 2 is 1.24 bits per heavy atom. The molecule has 17 heavy (non-hydrogen) atoms. The van der Waals surface area contributed by atoms with E-state index >= 15 is 0 Å². The molecule has 0 spiro atoms. The van der Waals surface area contributed by atoms with Gasteiger partial charge in [-0.15, -0.1) is 0 Å². The Morgan fingerprint density at radius 3 is 1.59 bits per heavy atom. The van der Waals surface area contributed by atoms with E-state index in [0.717, 1.165) is 11.4 Å². The van der Waals surface area contributed by atoms with E-state index < -0.39 is 0 Å². The summed E-state index contributed by atoms with van der Waals surface area (Å²) in [5.41, 5.74) is 16.3. The molecule has 2 aliphatic rings. The fraction of sp³-hybridized carbons (Fsp3) is 0.455. The summed E-state index contributed by atoms with van der Waals surface area (Å²) >= 11 is 0. The fourth-order valence-corrected chi connectivity index (χ4v) is 4.03. The fourth-order valence-electron chi connectivity index (χ4n) is 4.03. The first-order valence-electron chi connectivity index (χ1n) is 6.45. The Morgan fingerprint density at radius 1 is 0.882 bits per heavy atom. The second-order valence-electron chi connectivity index (χ2n) is 6.89. The van der Waals surface area contributed by atoms with Gasteiger partial charge in [0.2, 0.25) is 0 Å². The molecule has 0 aromatic heterocycles. The van der Waals surface area contributed by atoms with Crippen LogP contribution in [0.3, 0.4) is 0 Å². The number of anilines is 2. The first-order chi connectivity index (χ1) is 7.76. The van der Waals surface area contributed by atoms with Crippen LogP contribution in [0.1, 0.15) is 29.4 Å². The van der Waals surface area contributed by atoms with Crippen LogP contribution in [0.15, 0.2) is 12.1 Å². The maximum absolute atomic E-state index is 5.96. The van der Waals surface area contributed by atoms with Gasteiger partial charge in [0.25, 0.3) is 0 Å². The molecule has 6 heteroatoms. The third-order valence-electron chi connectivity index (χ3n) is 5.91. The minimum absolute atomic E-state index is 0.340. The highest BCUT2D eigenvalue weighted by Gasteiger charge is 2.59. The average molecular weight is 222 g/mol. The molecule has 1 fully saturated rings. The molecular formula is C11H18B4N2. The van der Waals surface area contributed by atoms with E-state index in [1.165, 1.54) is 17.5 Å². The summed E-state index contributed by atoms with van der Waals surface area (Å²) in [5.74, 6) is 1.28. The third-order valence-corrected chi connectivity index (χ3v) is 5.91. The van der Waals surface area contributed by atoms with Gasteiger partial charge < -0.3 is 11.5 Å². The van der Waals surface area contributed by atoms with Crippen molar-refractivity contribution in [1.29, 1.82) is 0 Å². The molecule has 1 aromatic carbocycles. The van der Waals surface area contributed by atoms with Crippen LogP contribution < -0.4 is 11.5 Å². The third kappa shape index (κ3) is 1.12. The van der Waals surface area contributed by atoms with Gasteiger partial charge >= 0.3 is 0 Å². The molecule has 0 saturated heterocycles. The summed E-state index contributed by atoms with van der Waals surface area (Å²) in [6, 6.07) is 4.23. The Kier molecular flexibility index (Phi) is 1.91. The van der Waals surface area contributed by atoms with Crippen molar-refractivity contribution in [2.45, 2.75) is 28.7 Å². The lowest BCUT2D eigenvalue weighted by molar-refractivity contribution is 0.605. The second kappa shape index (κ2) is 2.90. The van der Waals surface area contributed by atoms with Crippen LogP contribution in [0.5, 0.6) is 0 Å².